The van der Waals surface area contributed by atoms with Crippen LogP contribution < -0.4 is 15.5 Å². The van der Waals surface area contributed by atoms with Crippen LogP contribution in [0.5, 0.6) is 0 Å². The van der Waals surface area contributed by atoms with E-state index < -0.39 is 5.82 Å². The molecule has 6 heteroatoms. The highest BCUT2D eigenvalue weighted by Gasteiger charge is 2.39. The topological polar surface area (TPSA) is 61.4 Å². The Balaban J connectivity index is 1.54. The molecule has 154 valence electrons. The molecular formula is C23H28FN3O2. The van der Waals surface area contributed by atoms with Crippen LogP contribution in [0, 0.1) is 17.7 Å². The van der Waals surface area contributed by atoms with E-state index in [0.29, 0.717) is 18.2 Å². The second-order valence-corrected chi connectivity index (χ2v) is 7.52. The first-order valence-corrected chi connectivity index (χ1v) is 10.2. The monoisotopic (exact) mass is 397 g/mol. The van der Waals surface area contributed by atoms with E-state index in [1.165, 1.54) is 18.2 Å². The van der Waals surface area contributed by atoms with Crippen LogP contribution in [0.25, 0.3) is 0 Å². The second kappa shape index (κ2) is 9.54. The standard InChI is InChI=1S/C23H28FN3O2/c1-3-27(18-8-5-4-6-9-18)13-7-12-25-22(28)20-15-17(24)10-11-21(20)26-23(29)19-14-16(19)2/h4-6,8-11,15-16,19H,3,7,12-14H2,1-2H3,(H,25,28)(H,26,29). The van der Waals surface area contributed by atoms with E-state index in [-0.39, 0.29) is 23.3 Å². The van der Waals surface area contributed by atoms with Gasteiger partial charge in [-0.15, -0.1) is 0 Å². The largest absolute Gasteiger partial charge is 0.372 e. The summed E-state index contributed by atoms with van der Waals surface area (Å²) in [6, 6.07) is 14.0. The van der Waals surface area contributed by atoms with Gasteiger partial charge in [0.15, 0.2) is 0 Å². The number of anilines is 2. The summed E-state index contributed by atoms with van der Waals surface area (Å²) < 4.78 is 13.7. The van der Waals surface area contributed by atoms with E-state index in [9.17, 15) is 14.0 Å². The predicted molar refractivity (Wildman–Crippen MR) is 114 cm³/mol. The van der Waals surface area contributed by atoms with Crippen molar-refractivity contribution in [1.29, 1.82) is 0 Å². The first-order valence-electron chi connectivity index (χ1n) is 10.2. The molecule has 2 unspecified atom stereocenters. The molecule has 1 saturated carbocycles. The van der Waals surface area contributed by atoms with Gasteiger partial charge in [0.25, 0.3) is 5.91 Å². The summed E-state index contributed by atoms with van der Waals surface area (Å²) >= 11 is 0. The smallest absolute Gasteiger partial charge is 0.253 e. The predicted octanol–water partition coefficient (Wildman–Crippen LogP) is 4.07. The Morgan fingerprint density at radius 2 is 1.90 bits per heavy atom. The highest BCUT2D eigenvalue weighted by Crippen LogP contribution is 2.38. The number of hydrogen-bond acceptors (Lipinski definition) is 3. The molecule has 1 aliphatic rings. The van der Waals surface area contributed by atoms with Crippen LogP contribution in [0.3, 0.4) is 0 Å². The van der Waals surface area contributed by atoms with Crippen molar-refractivity contribution in [2.24, 2.45) is 11.8 Å². The molecule has 0 spiro atoms. The zero-order chi connectivity index (χ0) is 20.8. The van der Waals surface area contributed by atoms with Crippen molar-refractivity contribution >= 4 is 23.2 Å². The van der Waals surface area contributed by atoms with Crippen LogP contribution in [0.15, 0.2) is 48.5 Å². The van der Waals surface area contributed by atoms with Crippen LogP contribution in [0.1, 0.15) is 37.0 Å². The van der Waals surface area contributed by atoms with E-state index in [2.05, 4.69) is 34.6 Å². The van der Waals surface area contributed by atoms with Gasteiger partial charge in [0.2, 0.25) is 5.91 Å². The Morgan fingerprint density at radius 3 is 2.55 bits per heavy atom. The number of para-hydroxylation sites is 1. The lowest BCUT2D eigenvalue weighted by atomic mass is 10.1. The first-order chi connectivity index (χ1) is 14.0. The molecule has 0 bridgehead atoms. The number of carbonyl (C=O) groups is 2. The number of hydrogen-bond donors (Lipinski definition) is 2. The molecule has 2 aromatic rings. The fourth-order valence-corrected chi connectivity index (χ4v) is 3.40. The Hall–Kier alpha value is -2.89. The Kier molecular flexibility index (Phi) is 6.86. The molecule has 0 heterocycles. The molecule has 29 heavy (non-hydrogen) atoms. The van der Waals surface area contributed by atoms with Gasteiger partial charge in [0.1, 0.15) is 5.82 Å². The minimum absolute atomic E-state index is 0.0195. The number of halogens is 1. The molecule has 2 N–H and O–H groups in total. The summed E-state index contributed by atoms with van der Waals surface area (Å²) in [4.78, 5) is 27.0. The lowest BCUT2D eigenvalue weighted by molar-refractivity contribution is -0.117. The van der Waals surface area contributed by atoms with E-state index in [4.69, 9.17) is 0 Å². The number of rotatable bonds is 9. The Labute approximate surface area is 171 Å². The van der Waals surface area contributed by atoms with Gasteiger partial charge in [-0.1, -0.05) is 25.1 Å². The number of nitrogens with one attached hydrogen (secondary N) is 2. The maximum atomic E-state index is 13.7. The van der Waals surface area contributed by atoms with Gasteiger partial charge in [-0.2, -0.15) is 0 Å². The molecule has 0 aromatic heterocycles. The van der Waals surface area contributed by atoms with Crippen LogP contribution in [0.2, 0.25) is 0 Å². The minimum atomic E-state index is -0.505. The van der Waals surface area contributed by atoms with Crippen molar-refractivity contribution in [2.75, 3.05) is 29.9 Å². The van der Waals surface area contributed by atoms with E-state index in [0.717, 1.165) is 31.6 Å². The second-order valence-electron chi connectivity index (χ2n) is 7.52. The lowest BCUT2D eigenvalue weighted by Gasteiger charge is -2.23. The van der Waals surface area contributed by atoms with Crippen molar-refractivity contribution in [3.8, 4) is 0 Å². The van der Waals surface area contributed by atoms with Gasteiger partial charge in [0, 0.05) is 31.2 Å². The van der Waals surface area contributed by atoms with Crippen molar-refractivity contribution < 1.29 is 14.0 Å². The Morgan fingerprint density at radius 1 is 1.17 bits per heavy atom. The average molecular weight is 397 g/mol. The number of carbonyl (C=O) groups excluding carboxylic acids is 2. The van der Waals surface area contributed by atoms with Crippen molar-refractivity contribution in [3.63, 3.8) is 0 Å². The summed E-state index contributed by atoms with van der Waals surface area (Å²) in [6.07, 6.45) is 1.61. The van der Waals surface area contributed by atoms with Gasteiger partial charge in [-0.3, -0.25) is 9.59 Å². The molecule has 2 atom stereocenters. The van der Waals surface area contributed by atoms with Crippen LogP contribution in [-0.2, 0) is 4.79 Å². The summed E-state index contributed by atoms with van der Waals surface area (Å²) in [6.45, 7) is 6.24. The molecule has 0 saturated heterocycles. The molecule has 0 aliphatic heterocycles. The molecule has 3 rings (SSSR count). The quantitative estimate of drug-likeness (QED) is 0.627. The summed E-state index contributed by atoms with van der Waals surface area (Å²) in [5.41, 5.74) is 1.65. The van der Waals surface area contributed by atoms with Gasteiger partial charge in [-0.25, -0.2) is 4.39 Å². The molecule has 5 nitrogen and oxygen atoms in total. The SMILES string of the molecule is CCN(CCCNC(=O)c1cc(F)ccc1NC(=O)C1CC1C)c1ccccc1. The molecule has 2 aromatic carbocycles. The zero-order valence-corrected chi connectivity index (χ0v) is 17.0. The van der Waals surface area contributed by atoms with E-state index in [1.54, 1.807) is 0 Å². The van der Waals surface area contributed by atoms with Crippen molar-refractivity contribution in [2.45, 2.75) is 26.7 Å². The molecular weight excluding hydrogens is 369 g/mol. The van der Waals surface area contributed by atoms with E-state index >= 15 is 0 Å². The summed E-state index contributed by atoms with van der Waals surface area (Å²) in [5, 5.41) is 5.62. The normalized spacial score (nSPS) is 17.5. The fraction of sp³-hybridized carbons (Fsp3) is 0.391. The number of amides is 2. The number of benzene rings is 2. The average Bonchev–Trinajstić information content (AvgIpc) is 3.46. The van der Waals surface area contributed by atoms with Gasteiger partial charge < -0.3 is 15.5 Å². The molecule has 1 aliphatic carbocycles. The maximum Gasteiger partial charge on any atom is 0.253 e. The van der Waals surface area contributed by atoms with Gasteiger partial charge >= 0.3 is 0 Å². The lowest BCUT2D eigenvalue weighted by Crippen LogP contribution is -2.30. The van der Waals surface area contributed by atoms with Crippen molar-refractivity contribution in [3.05, 3.63) is 59.9 Å². The number of nitrogens with zero attached hydrogens (tertiary/aromatic N) is 1. The zero-order valence-electron chi connectivity index (χ0n) is 17.0. The third-order valence-corrected chi connectivity index (χ3v) is 5.32. The maximum absolute atomic E-state index is 13.7. The summed E-state index contributed by atoms with van der Waals surface area (Å²) in [5.74, 6) is -0.659. The fourth-order valence-electron chi connectivity index (χ4n) is 3.40. The van der Waals surface area contributed by atoms with Crippen LogP contribution in [-0.4, -0.2) is 31.4 Å². The van der Waals surface area contributed by atoms with Crippen molar-refractivity contribution in [1.82, 2.24) is 5.32 Å². The highest BCUT2D eigenvalue weighted by atomic mass is 19.1. The van der Waals surface area contributed by atoms with E-state index in [1.807, 2.05) is 25.1 Å². The molecule has 1 fully saturated rings. The van der Waals surface area contributed by atoms with Gasteiger partial charge in [0.05, 0.1) is 11.3 Å². The minimum Gasteiger partial charge on any atom is -0.372 e. The summed E-state index contributed by atoms with van der Waals surface area (Å²) in [7, 11) is 0. The molecule has 2 amide bonds. The van der Waals surface area contributed by atoms with Gasteiger partial charge in [-0.05, 0) is 56.0 Å². The first kappa shape index (κ1) is 20.8. The third kappa shape index (κ3) is 5.56. The highest BCUT2D eigenvalue weighted by molar-refractivity contribution is 6.04. The van der Waals surface area contributed by atoms with Crippen LogP contribution >= 0.6 is 0 Å². The molecule has 0 radical (unpaired) electrons. The third-order valence-electron chi connectivity index (χ3n) is 5.32. The Bertz CT molecular complexity index is 856. The van der Waals surface area contributed by atoms with Crippen LogP contribution in [0.4, 0.5) is 15.8 Å².